The molecule has 0 radical (unpaired) electrons. The molecule has 7 atom stereocenters. The minimum absolute atomic E-state index is 0.0245. The zero-order valence-electron chi connectivity index (χ0n) is 19.0. The standard InChI is InChI=1S/C24H32BrN3O5/c1-3-7-14(2)27-22(31)20-24-12-16(25)19(33-24)17(18(24)23(32)28(20)10-11-29)21(30)26-13-15-8-5-4-6-9-15/h4-6,8-9,14,16-20,29H,3,7,10-13H2,1-2H3,(H,26,30)(H,27,31)/t14?,16?,17-,18-,19-,20?,24?/m0/s1. The van der Waals surface area contributed by atoms with E-state index >= 15 is 0 Å². The fourth-order valence-electron chi connectivity index (χ4n) is 5.81. The lowest BCUT2D eigenvalue weighted by Gasteiger charge is -2.34. The highest BCUT2D eigenvalue weighted by Gasteiger charge is 2.76. The van der Waals surface area contributed by atoms with E-state index in [2.05, 4.69) is 26.6 Å². The number of carbonyl (C=O) groups excluding carboxylic acids is 3. The van der Waals surface area contributed by atoms with Crippen LogP contribution < -0.4 is 10.6 Å². The minimum atomic E-state index is -1.09. The number of aliphatic hydroxyl groups excluding tert-OH is 1. The number of ether oxygens (including phenoxy) is 1. The molecule has 3 amide bonds. The summed E-state index contributed by atoms with van der Waals surface area (Å²) in [5.74, 6) is -2.29. The second kappa shape index (κ2) is 9.72. The van der Waals surface area contributed by atoms with Gasteiger partial charge in [-0.05, 0) is 25.3 Å². The fraction of sp³-hybridized carbons (Fsp3) is 0.625. The zero-order valence-corrected chi connectivity index (χ0v) is 20.6. The normalized spacial score (nSPS) is 33.2. The number of fused-ring (bicyclic) bond motifs is 1. The Morgan fingerprint density at radius 1 is 1.30 bits per heavy atom. The van der Waals surface area contributed by atoms with Gasteiger partial charge in [0.25, 0.3) is 0 Å². The van der Waals surface area contributed by atoms with Crippen molar-refractivity contribution in [2.24, 2.45) is 11.8 Å². The van der Waals surface area contributed by atoms with Crippen LogP contribution in [-0.4, -0.2) is 69.5 Å². The number of hydrogen-bond donors (Lipinski definition) is 3. The molecule has 1 spiro atoms. The fourth-order valence-corrected chi connectivity index (χ4v) is 6.75. The molecule has 3 heterocycles. The molecule has 33 heavy (non-hydrogen) atoms. The highest BCUT2D eigenvalue weighted by Crippen LogP contribution is 2.59. The maximum absolute atomic E-state index is 13.5. The Morgan fingerprint density at radius 3 is 2.70 bits per heavy atom. The number of β-amino-alcohol motifs (C(OH)–C–C–N with tert-alkyl or cyclic N) is 1. The van der Waals surface area contributed by atoms with E-state index in [1.807, 2.05) is 44.2 Å². The number of alkyl halides is 1. The van der Waals surface area contributed by atoms with E-state index in [9.17, 15) is 19.5 Å². The first kappa shape index (κ1) is 24.2. The van der Waals surface area contributed by atoms with Crippen molar-refractivity contribution >= 4 is 33.7 Å². The quantitative estimate of drug-likeness (QED) is 0.425. The number of hydrogen-bond acceptors (Lipinski definition) is 5. The molecule has 4 unspecified atom stereocenters. The Hall–Kier alpha value is -1.97. The number of halogens is 1. The summed E-state index contributed by atoms with van der Waals surface area (Å²) in [5, 5.41) is 15.6. The molecular formula is C24H32BrN3O5. The summed E-state index contributed by atoms with van der Waals surface area (Å²) in [4.78, 5) is 41.5. The van der Waals surface area contributed by atoms with Gasteiger partial charge in [-0.3, -0.25) is 14.4 Å². The van der Waals surface area contributed by atoms with Gasteiger partial charge in [-0.2, -0.15) is 0 Å². The molecule has 0 aromatic heterocycles. The molecule has 1 aromatic carbocycles. The summed E-state index contributed by atoms with van der Waals surface area (Å²) in [6, 6.07) is 8.64. The Kier molecular flexibility index (Phi) is 7.12. The average Bonchev–Trinajstić information content (AvgIpc) is 3.37. The van der Waals surface area contributed by atoms with Crippen molar-refractivity contribution < 1.29 is 24.2 Å². The first-order chi connectivity index (χ1) is 15.8. The highest BCUT2D eigenvalue weighted by molar-refractivity contribution is 9.09. The maximum atomic E-state index is 13.5. The molecule has 4 rings (SSSR count). The van der Waals surface area contributed by atoms with Crippen molar-refractivity contribution in [1.29, 1.82) is 0 Å². The minimum Gasteiger partial charge on any atom is -0.395 e. The monoisotopic (exact) mass is 521 g/mol. The summed E-state index contributed by atoms with van der Waals surface area (Å²) in [6.07, 6.45) is 1.70. The third-order valence-corrected chi connectivity index (χ3v) is 7.95. The van der Waals surface area contributed by atoms with Gasteiger partial charge in [-0.15, -0.1) is 0 Å². The molecule has 3 aliphatic rings. The molecule has 3 aliphatic heterocycles. The van der Waals surface area contributed by atoms with Gasteiger partial charge in [-0.25, -0.2) is 0 Å². The lowest BCUT2D eigenvalue weighted by molar-refractivity contribution is -0.142. The molecule has 3 fully saturated rings. The first-order valence-electron chi connectivity index (χ1n) is 11.7. The zero-order chi connectivity index (χ0) is 23.8. The highest BCUT2D eigenvalue weighted by atomic mass is 79.9. The number of amides is 3. The molecule has 0 aliphatic carbocycles. The summed E-state index contributed by atoms with van der Waals surface area (Å²) >= 11 is 3.65. The largest absolute Gasteiger partial charge is 0.395 e. The second-order valence-electron chi connectivity index (χ2n) is 9.32. The van der Waals surface area contributed by atoms with Crippen molar-refractivity contribution in [2.45, 2.75) is 68.3 Å². The Labute approximate surface area is 202 Å². The van der Waals surface area contributed by atoms with Crippen LogP contribution in [0.15, 0.2) is 30.3 Å². The third-order valence-electron chi connectivity index (χ3n) is 7.10. The van der Waals surface area contributed by atoms with Gasteiger partial charge in [0.05, 0.1) is 24.5 Å². The molecule has 8 nitrogen and oxygen atoms in total. The van der Waals surface area contributed by atoms with Crippen molar-refractivity contribution in [3.05, 3.63) is 35.9 Å². The van der Waals surface area contributed by atoms with E-state index in [-0.39, 0.29) is 41.7 Å². The van der Waals surface area contributed by atoms with Crippen LogP contribution in [0.3, 0.4) is 0 Å². The van der Waals surface area contributed by atoms with Crippen molar-refractivity contribution in [1.82, 2.24) is 15.5 Å². The van der Waals surface area contributed by atoms with Crippen LogP contribution in [-0.2, 0) is 25.7 Å². The van der Waals surface area contributed by atoms with E-state index in [0.29, 0.717) is 13.0 Å². The summed E-state index contributed by atoms with van der Waals surface area (Å²) < 4.78 is 6.39. The third kappa shape index (κ3) is 4.19. The van der Waals surface area contributed by atoms with E-state index in [4.69, 9.17) is 4.74 Å². The number of rotatable bonds is 9. The predicted molar refractivity (Wildman–Crippen MR) is 125 cm³/mol. The lowest BCUT2D eigenvalue weighted by atomic mass is 9.70. The summed E-state index contributed by atoms with van der Waals surface area (Å²) in [5.41, 5.74) is -0.127. The van der Waals surface area contributed by atoms with Gasteiger partial charge in [0.2, 0.25) is 17.7 Å². The summed E-state index contributed by atoms with van der Waals surface area (Å²) in [6.45, 7) is 4.09. The first-order valence-corrected chi connectivity index (χ1v) is 12.6. The van der Waals surface area contributed by atoms with Crippen LogP contribution in [0.5, 0.6) is 0 Å². The van der Waals surface area contributed by atoms with Crippen molar-refractivity contribution in [3.63, 3.8) is 0 Å². The molecule has 0 saturated carbocycles. The Morgan fingerprint density at radius 2 is 2.03 bits per heavy atom. The molecule has 3 N–H and O–H groups in total. The van der Waals surface area contributed by atoms with Crippen LogP contribution in [0.25, 0.3) is 0 Å². The number of nitrogens with zero attached hydrogens (tertiary/aromatic N) is 1. The number of aliphatic hydroxyl groups is 1. The molecule has 180 valence electrons. The van der Waals surface area contributed by atoms with Crippen LogP contribution in [0.2, 0.25) is 0 Å². The van der Waals surface area contributed by atoms with Gasteiger partial charge in [-0.1, -0.05) is 59.6 Å². The van der Waals surface area contributed by atoms with Gasteiger partial charge in [0, 0.05) is 24.0 Å². The van der Waals surface area contributed by atoms with Crippen molar-refractivity contribution in [3.8, 4) is 0 Å². The molecule has 9 heteroatoms. The van der Waals surface area contributed by atoms with E-state index in [1.54, 1.807) is 0 Å². The number of likely N-dealkylation sites (tertiary alicyclic amines) is 1. The molecular weight excluding hydrogens is 490 g/mol. The average molecular weight is 522 g/mol. The SMILES string of the molecule is CCCC(C)NC(=O)C1N(CCO)C(=O)[C@@H]2[C@H](C(=O)NCc3ccccc3)[C@H]3OC12CC3Br. The van der Waals surface area contributed by atoms with Gasteiger partial charge >= 0.3 is 0 Å². The molecule has 2 bridgehead atoms. The van der Waals surface area contributed by atoms with Crippen LogP contribution in [0.1, 0.15) is 38.7 Å². The number of carbonyl (C=O) groups is 3. The van der Waals surface area contributed by atoms with Gasteiger partial charge in [0.1, 0.15) is 11.6 Å². The van der Waals surface area contributed by atoms with Crippen LogP contribution in [0, 0.1) is 11.8 Å². The van der Waals surface area contributed by atoms with Crippen LogP contribution >= 0.6 is 15.9 Å². The topological polar surface area (TPSA) is 108 Å². The maximum Gasteiger partial charge on any atom is 0.246 e. The van der Waals surface area contributed by atoms with Crippen molar-refractivity contribution in [2.75, 3.05) is 13.2 Å². The van der Waals surface area contributed by atoms with E-state index in [0.717, 1.165) is 18.4 Å². The van der Waals surface area contributed by atoms with Gasteiger partial charge < -0.3 is 25.4 Å². The van der Waals surface area contributed by atoms with E-state index in [1.165, 1.54) is 4.90 Å². The Balaban J connectivity index is 1.60. The Bertz CT molecular complexity index is 899. The second-order valence-corrected chi connectivity index (χ2v) is 10.5. The van der Waals surface area contributed by atoms with Gasteiger partial charge in [0.15, 0.2) is 0 Å². The lowest BCUT2D eigenvalue weighted by Crippen LogP contribution is -2.57. The number of benzene rings is 1. The van der Waals surface area contributed by atoms with Crippen LogP contribution in [0.4, 0.5) is 0 Å². The smallest absolute Gasteiger partial charge is 0.246 e. The number of nitrogens with one attached hydrogen (secondary N) is 2. The summed E-state index contributed by atoms with van der Waals surface area (Å²) in [7, 11) is 0. The molecule has 1 aromatic rings. The van der Waals surface area contributed by atoms with E-state index < -0.39 is 29.6 Å². The predicted octanol–water partition coefficient (Wildman–Crippen LogP) is 1.35. The molecule has 3 saturated heterocycles.